The van der Waals surface area contributed by atoms with Crippen LogP contribution in [0, 0.1) is 12.7 Å². The van der Waals surface area contributed by atoms with Crippen molar-refractivity contribution >= 4 is 5.91 Å². The molecular formula is C16H23FN2O. The fourth-order valence-electron chi connectivity index (χ4n) is 2.57. The maximum absolute atomic E-state index is 13.5. The van der Waals surface area contributed by atoms with Crippen molar-refractivity contribution in [3.63, 3.8) is 0 Å². The molecule has 0 bridgehead atoms. The van der Waals surface area contributed by atoms with E-state index < -0.39 is 0 Å². The number of carbonyl (C=O) groups is 1. The molecule has 110 valence electrons. The second-order valence-corrected chi connectivity index (χ2v) is 5.63. The molecule has 0 aromatic heterocycles. The predicted molar refractivity (Wildman–Crippen MR) is 78.4 cm³/mol. The van der Waals surface area contributed by atoms with Gasteiger partial charge in [0.05, 0.1) is 0 Å². The van der Waals surface area contributed by atoms with E-state index in [1.165, 1.54) is 25.3 Å². The van der Waals surface area contributed by atoms with E-state index in [1.807, 2.05) is 0 Å². The molecular weight excluding hydrogens is 255 g/mol. The molecule has 0 aliphatic carbocycles. The van der Waals surface area contributed by atoms with Crippen molar-refractivity contribution in [1.29, 1.82) is 0 Å². The number of nitrogens with one attached hydrogen (secondary N) is 1. The number of benzene rings is 1. The van der Waals surface area contributed by atoms with Crippen LogP contribution in [0.4, 0.5) is 4.39 Å². The zero-order valence-corrected chi connectivity index (χ0v) is 12.3. The van der Waals surface area contributed by atoms with E-state index in [4.69, 9.17) is 0 Å². The molecule has 0 saturated carbocycles. The molecule has 1 unspecified atom stereocenters. The van der Waals surface area contributed by atoms with E-state index >= 15 is 0 Å². The van der Waals surface area contributed by atoms with Crippen LogP contribution in [0.2, 0.25) is 0 Å². The van der Waals surface area contributed by atoms with Gasteiger partial charge in [-0.25, -0.2) is 4.39 Å². The van der Waals surface area contributed by atoms with Crippen LogP contribution in [0.5, 0.6) is 0 Å². The van der Waals surface area contributed by atoms with E-state index in [-0.39, 0.29) is 11.7 Å². The molecule has 1 aliphatic heterocycles. The molecule has 1 aromatic carbocycles. The van der Waals surface area contributed by atoms with Gasteiger partial charge in [-0.3, -0.25) is 4.79 Å². The maximum atomic E-state index is 13.5. The van der Waals surface area contributed by atoms with Gasteiger partial charge < -0.3 is 10.2 Å². The molecule has 3 nitrogen and oxygen atoms in total. The van der Waals surface area contributed by atoms with Crippen LogP contribution in [0.3, 0.4) is 0 Å². The predicted octanol–water partition coefficient (Wildman–Crippen LogP) is 2.74. The van der Waals surface area contributed by atoms with Gasteiger partial charge in [0.15, 0.2) is 0 Å². The van der Waals surface area contributed by atoms with Gasteiger partial charge in [0, 0.05) is 25.2 Å². The Kier molecular flexibility index (Phi) is 5.12. The SMILES string of the molecule is Cc1ccc(C(=O)N(C)CCC2CCCCN2)cc1F. The zero-order chi connectivity index (χ0) is 14.5. The smallest absolute Gasteiger partial charge is 0.253 e. The number of hydrogen-bond acceptors (Lipinski definition) is 2. The van der Waals surface area contributed by atoms with Gasteiger partial charge >= 0.3 is 0 Å². The molecule has 0 spiro atoms. The van der Waals surface area contributed by atoms with Crippen LogP contribution in [-0.2, 0) is 0 Å². The molecule has 1 saturated heterocycles. The summed E-state index contributed by atoms with van der Waals surface area (Å²) in [6.45, 7) is 3.47. The Morgan fingerprint density at radius 3 is 2.90 bits per heavy atom. The first-order valence-corrected chi connectivity index (χ1v) is 7.33. The molecule has 20 heavy (non-hydrogen) atoms. The summed E-state index contributed by atoms with van der Waals surface area (Å²) in [5.74, 6) is -0.432. The molecule has 1 amide bonds. The van der Waals surface area contributed by atoms with Gasteiger partial charge in [-0.2, -0.15) is 0 Å². The van der Waals surface area contributed by atoms with Crippen molar-refractivity contribution in [1.82, 2.24) is 10.2 Å². The minimum absolute atomic E-state index is 0.111. The third kappa shape index (κ3) is 3.79. The van der Waals surface area contributed by atoms with Crippen molar-refractivity contribution in [3.8, 4) is 0 Å². The highest BCUT2D eigenvalue weighted by Gasteiger charge is 2.16. The van der Waals surface area contributed by atoms with Crippen LogP contribution < -0.4 is 5.32 Å². The summed E-state index contributed by atoms with van der Waals surface area (Å²) < 4.78 is 13.5. The lowest BCUT2D eigenvalue weighted by Crippen LogP contribution is -2.38. The number of piperidine rings is 1. The highest BCUT2D eigenvalue weighted by Crippen LogP contribution is 2.13. The topological polar surface area (TPSA) is 32.3 Å². The van der Waals surface area contributed by atoms with E-state index in [1.54, 1.807) is 31.0 Å². The Balaban J connectivity index is 1.89. The Morgan fingerprint density at radius 2 is 2.25 bits per heavy atom. The monoisotopic (exact) mass is 278 g/mol. The summed E-state index contributed by atoms with van der Waals surface area (Å²) in [7, 11) is 1.78. The average Bonchev–Trinajstić information content (AvgIpc) is 2.48. The number of nitrogens with zero attached hydrogens (tertiary/aromatic N) is 1. The lowest BCUT2D eigenvalue weighted by atomic mass is 10.0. The molecule has 1 heterocycles. The normalized spacial score (nSPS) is 18.9. The van der Waals surface area contributed by atoms with Crippen molar-refractivity contribution in [2.45, 2.75) is 38.6 Å². The number of aryl methyl sites for hydroxylation is 1. The largest absolute Gasteiger partial charge is 0.342 e. The summed E-state index contributed by atoms with van der Waals surface area (Å²) in [4.78, 5) is 13.9. The first kappa shape index (κ1) is 15.0. The molecule has 1 aliphatic rings. The molecule has 1 aromatic rings. The van der Waals surface area contributed by atoms with Crippen LogP contribution >= 0.6 is 0 Å². The minimum Gasteiger partial charge on any atom is -0.342 e. The lowest BCUT2D eigenvalue weighted by molar-refractivity contribution is 0.0787. The second kappa shape index (κ2) is 6.84. The fraction of sp³-hybridized carbons (Fsp3) is 0.562. The van der Waals surface area contributed by atoms with Crippen molar-refractivity contribution in [2.75, 3.05) is 20.1 Å². The first-order valence-electron chi connectivity index (χ1n) is 7.33. The van der Waals surface area contributed by atoms with Gasteiger partial charge in [-0.1, -0.05) is 12.5 Å². The Labute approximate surface area is 120 Å². The number of hydrogen-bond donors (Lipinski definition) is 1. The quantitative estimate of drug-likeness (QED) is 0.918. The fourth-order valence-corrected chi connectivity index (χ4v) is 2.57. The van der Waals surface area contributed by atoms with Gasteiger partial charge in [0.2, 0.25) is 0 Å². The molecule has 1 fully saturated rings. The summed E-state index contributed by atoms with van der Waals surface area (Å²) in [5.41, 5.74) is 0.989. The molecule has 0 radical (unpaired) electrons. The van der Waals surface area contributed by atoms with E-state index in [9.17, 15) is 9.18 Å². The average molecular weight is 278 g/mol. The van der Waals surface area contributed by atoms with Crippen LogP contribution in [-0.4, -0.2) is 37.0 Å². The van der Waals surface area contributed by atoms with Crippen LogP contribution in [0.25, 0.3) is 0 Å². The second-order valence-electron chi connectivity index (χ2n) is 5.63. The van der Waals surface area contributed by atoms with Crippen molar-refractivity contribution in [2.24, 2.45) is 0 Å². The number of carbonyl (C=O) groups excluding carboxylic acids is 1. The van der Waals surface area contributed by atoms with Crippen molar-refractivity contribution in [3.05, 3.63) is 35.1 Å². The minimum atomic E-state index is -0.321. The summed E-state index contributed by atoms with van der Waals surface area (Å²) >= 11 is 0. The van der Waals surface area contributed by atoms with Gasteiger partial charge in [0.25, 0.3) is 5.91 Å². The Bertz CT molecular complexity index is 470. The molecule has 2 rings (SSSR count). The Morgan fingerprint density at radius 1 is 1.45 bits per heavy atom. The van der Waals surface area contributed by atoms with Crippen LogP contribution in [0.15, 0.2) is 18.2 Å². The third-order valence-electron chi connectivity index (χ3n) is 3.99. The number of rotatable bonds is 4. The van der Waals surface area contributed by atoms with Crippen LogP contribution in [0.1, 0.15) is 41.6 Å². The lowest BCUT2D eigenvalue weighted by Gasteiger charge is -2.26. The molecule has 4 heteroatoms. The Hall–Kier alpha value is -1.42. The summed E-state index contributed by atoms with van der Waals surface area (Å²) in [6.07, 6.45) is 4.64. The van der Waals surface area contributed by atoms with Gasteiger partial charge in [0.1, 0.15) is 5.82 Å². The number of amides is 1. The first-order chi connectivity index (χ1) is 9.58. The highest BCUT2D eigenvalue weighted by molar-refractivity contribution is 5.94. The van der Waals surface area contributed by atoms with E-state index in [0.717, 1.165) is 13.0 Å². The third-order valence-corrected chi connectivity index (χ3v) is 3.99. The van der Waals surface area contributed by atoms with Crippen molar-refractivity contribution < 1.29 is 9.18 Å². The maximum Gasteiger partial charge on any atom is 0.253 e. The van der Waals surface area contributed by atoms with Gasteiger partial charge in [-0.05, 0) is 50.4 Å². The molecule has 1 N–H and O–H groups in total. The van der Waals surface area contributed by atoms with E-state index in [2.05, 4.69) is 5.32 Å². The summed E-state index contributed by atoms with van der Waals surface area (Å²) in [6, 6.07) is 5.18. The van der Waals surface area contributed by atoms with E-state index in [0.29, 0.717) is 23.7 Å². The zero-order valence-electron chi connectivity index (χ0n) is 12.3. The number of halogens is 1. The highest BCUT2D eigenvalue weighted by atomic mass is 19.1. The standard InChI is InChI=1S/C16H23FN2O/c1-12-6-7-13(11-15(12)17)16(20)19(2)10-8-14-5-3-4-9-18-14/h6-7,11,14,18H,3-5,8-10H2,1-2H3. The summed E-state index contributed by atoms with van der Waals surface area (Å²) in [5, 5.41) is 3.47. The molecule has 1 atom stereocenters. The van der Waals surface area contributed by atoms with Gasteiger partial charge in [-0.15, -0.1) is 0 Å².